The standard InChI is InChI=1S/C21H35N3O2S/c1-5-22-21(24-18-8-7-9-20(14-18)27(25)6-2)23-15-17(4)26-19-12-10-16(3)11-13-19/h10-13,17-18,20H,5-9,14-15H2,1-4H3,(H2,22,23,24). The molecule has 1 aliphatic rings. The van der Waals surface area contributed by atoms with E-state index in [0.717, 1.165) is 49.7 Å². The average molecular weight is 394 g/mol. The van der Waals surface area contributed by atoms with Gasteiger partial charge in [-0.15, -0.1) is 0 Å². The third kappa shape index (κ3) is 7.53. The highest BCUT2D eigenvalue weighted by Gasteiger charge is 2.26. The first kappa shape index (κ1) is 21.7. The van der Waals surface area contributed by atoms with Crippen molar-refractivity contribution in [2.24, 2.45) is 4.99 Å². The SMILES string of the molecule is CCNC(=NCC(C)Oc1ccc(C)cc1)NC1CCCC(S(=O)CC)C1. The van der Waals surface area contributed by atoms with E-state index in [9.17, 15) is 4.21 Å². The summed E-state index contributed by atoms with van der Waals surface area (Å²) in [6, 6.07) is 8.43. The second-order valence-corrected chi connectivity index (χ2v) is 9.27. The molecule has 0 aliphatic heterocycles. The van der Waals surface area contributed by atoms with Crippen LogP contribution in [0.3, 0.4) is 0 Å². The number of hydrogen-bond acceptors (Lipinski definition) is 3. The average Bonchev–Trinajstić information content (AvgIpc) is 2.67. The van der Waals surface area contributed by atoms with E-state index in [2.05, 4.69) is 36.6 Å². The molecular formula is C21H35N3O2S. The Morgan fingerprint density at radius 2 is 2.04 bits per heavy atom. The highest BCUT2D eigenvalue weighted by atomic mass is 32.2. The molecule has 4 unspecified atom stereocenters. The highest BCUT2D eigenvalue weighted by Crippen LogP contribution is 2.23. The van der Waals surface area contributed by atoms with Gasteiger partial charge in [0.05, 0.1) is 6.54 Å². The fourth-order valence-corrected chi connectivity index (χ4v) is 4.72. The summed E-state index contributed by atoms with van der Waals surface area (Å²) in [5, 5.41) is 7.18. The van der Waals surface area contributed by atoms with Crippen LogP contribution in [0.25, 0.3) is 0 Å². The van der Waals surface area contributed by atoms with Crippen molar-refractivity contribution in [2.75, 3.05) is 18.8 Å². The Labute approximate surface area is 166 Å². The largest absolute Gasteiger partial charge is 0.489 e. The molecule has 2 N–H and O–H groups in total. The van der Waals surface area contributed by atoms with Crippen LogP contribution in [0.2, 0.25) is 0 Å². The van der Waals surface area contributed by atoms with Gasteiger partial charge in [-0.1, -0.05) is 31.0 Å². The van der Waals surface area contributed by atoms with Crippen LogP contribution in [-0.4, -0.2) is 46.4 Å². The maximum atomic E-state index is 12.2. The van der Waals surface area contributed by atoms with Crippen molar-refractivity contribution in [2.45, 2.75) is 70.8 Å². The van der Waals surface area contributed by atoms with Gasteiger partial charge in [0.15, 0.2) is 5.96 Å². The Morgan fingerprint density at radius 3 is 2.70 bits per heavy atom. The maximum absolute atomic E-state index is 12.2. The molecule has 1 fully saturated rings. The van der Waals surface area contributed by atoms with Crippen LogP contribution in [0.15, 0.2) is 29.3 Å². The number of ether oxygens (including phenoxy) is 1. The minimum absolute atomic E-state index is 0.00476. The summed E-state index contributed by atoms with van der Waals surface area (Å²) in [6.45, 7) is 9.58. The van der Waals surface area contributed by atoms with Gasteiger partial charge in [0.1, 0.15) is 11.9 Å². The molecule has 0 heterocycles. The normalized spacial score (nSPS) is 22.7. The number of benzene rings is 1. The quantitative estimate of drug-likeness (QED) is 0.525. The second-order valence-electron chi connectivity index (χ2n) is 7.26. The van der Waals surface area contributed by atoms with Gasteiger partial charge in [0.25, 0.3) is 0 Å². The molecular weight excluding hydrogens is 358 g/mol. The monoisotopic (exact) mass is 393 g/mol. The summed E-state index contributed by atoms with van der Waals surface area (Å²) >= 11 is 0. The van der Waals surface area contributed by atoms with Gasteiger partial charge in [-0.3, -0.25) is 4.21 Å². The number of aryl methyl sites for hydroxylation is 1. The van der Waals surface area contributed by atoms with Gasteiger partial charge >= 0.3 is 0 Å². The van der Waals surface area contributed by atoms with Crippen molar-refractivity contribution in [3.8, 4) is 5.75 Å². The van der Waals surface area contributed by atoms with E-state index in [1.54, 1.807) is 0 Å². The fourth-order valence-electron chi connectivity index (χ4n) is 3.37. The zero-order valence-electron chi connectivity index (χ0n) is 17.2. The number of nitrogens with zero attached hydrogens (tertiary/aromatic N) is 1. The van der Waals surface area contributed by atoms with Crippen LogP contribution in [-0.2, 0) is 10.8 Å². The first-order valence-electron chi connectivity index (χ1n) is 10.2. The summed E-state index contributed by atoms with van der Waals surface area (Å²) < 4.78 is 18.1. The van der Waals surface area contributed by atoms with Gasteiger partial charge in [0, 0.05) is 34.4 Å². The molecule has 1 aliphatic carbocycles. The molecule has 27 heavy (non-hydrogen) atoms. The number of hydrogen-bond donors (Lipinski definition) is 2. The van der Waals surface area contributed by atoms with Crippen LogP contribution in [0.1, 0.15) is 52.0 Å². The lowest BCUT2D eigenvalue weighted by molar-refractivity contribution is 0.230. The molecule has 0 bridgehead atoms. The lowest BCUT2D eigenvalue weighted by Crippen LogP contribution is -2.47. The summed E-state index contributed by atoms with van der Waals surface area (Å²) in [6.07, 6.45) is 4.26. The van der Waals surface area contributed by atoms with Crippen molar-refractivity contribution in [1.82, 2.24) is 10.6 Å². The Morgan fingerprint density at radius 1 is 1.30 bits per heavy atom. The van der Waals surface area contributed by atoms with Gasteiger partial charge in [-0.05, 0) is 52.2 Å². The predicted octanol–water partition coefficient (Wildman–Crippen LogP) is 3.40. The van der Waals surface area contributed by atoms with Crippen LogP contribution in [0.4, 0.5) is 0 Å². The lowest BCUT2D eigenvalue weighted by Gasteiger charge is -2.30. The fraction of sp³-hybridized carbons (Fsp3) is 0.667. The van der Waals surface area contributed by atoms with Gasteiger partial charge in [-0.2, -0.15) is 0 Å². The maximum Gasteiger partial charge on any atom is 0.191 e. The van der Waals surface area contributed by atoms with Crippen molar-refractivity contribution in [1.29, 1.82) is 0 Å². The molecule has 0 radical (unpaired) electrons. The predicted molar refractivity (Wildman–Crippen MR) is 115 cm³/mol. The van der Waals surface area contributed by atoms with Crippen molar-refractivity contribution >= 4 is 16.8 Å². The molecule has 152 valence electrons. The van der Waals surface area contributed by atoms with E-state index < -0.39 is 10.8 Å². The summed E-state index contributed by atoms with van der Waals surface area (Å²) in [4.78, 5) is 4.70. The summed E-state index contributed by atoms with van der Waals surface area (Å²) in [5.74, 6) is 2.45. The molecule has 0 spiro atoms. The molecule has 0 amide bonds. The molecule has 6 heteroatoms. The lowest BCUT2D eigenvalue weighted by atomic mass is 9.95. The topological polar surface area (TPSA) is 62.7 Å². The molecule has 2 rings (SSSR count). The van der Waals surface area contributed by atoms with Crippen LogP contribution >= 0.6 is 0 Å². The Bertz CT molecular complexity index is 618. The summed E-state index contributed by atoms with van der Waals surface area (Å²) in [5.41, 5.74) is 1.22. The molecule has 4 atom stereocenters. The molecule has 1 saturated carbocycles. The number of rotatable bonds is 8. The zero-order valence-corrected chi connectivity index (χ0v) is 18.0. The van der Waals surface area contributed by atoms with E-state index in [0.29, 0.717) is 17.8 Å². The van der Waals surface area contributed by atoms with Crippen LogP contribution in [0.5, 0.6) is 5.75 Å². The first-order chi connectivity index (χ1) is 13.0. The van der Waals surface area contributed by atoms with Crippen molar-refractivity contribution in [3.63, 3.8) is 0 Å². The van der Waals surface area contributed by atoms with E-state index in [1.165, 1.54) is 5.56 Å². The smallest absolute Gasteiger partial charge is 0.191 e. The van der Waals surface area contributed by atoms with Crippen LogP contribution < -0.4 is 15.4 Å². The zero-order chi connectivity index (χ0) is 19.6. The number of aliphatic imine (C=N–C) groups is 1. The number of nitrogens with one attached hydrogen (secondary N) is 2. The van der Waals surface area contributed by atoms with Crippen molar-refractivity contribution < 1.29 is 8.95 Å². The number of guanidine groups is 1. The Balaban J connectivity index is 1.89. The summed E-state index contributed by atoms with van der Waals surface area (Å²) in [7, 11) is -0.708. The van der Waals surface area contributed by atoms with Gasteiger partial charge in [-0.25, -0.2) is 4.99 Å². The van der Waals surface area contributed by atoms with Gasteiger partial charge in [0.2, 0.25) is 0 Å². The second kappa shape index (κ2) is 11.3. The minimum atomic E-state index is -0.708. The van der Waals surface area contributed by atoms with E-state index >= 15 is 0 Å². The molecule has 5 nitrogen and oxygen atoms in total. The molecule has 1 aromatic carbocycles. The third-order valence-corrected chi connectivity index (χ3v) is 6.57. The van der Waals surface area contributed by atoms with E-state index in [-0.39, 0.29) is 6.10 Å². The molecule has 0 aromatic heterocycles. The Hall–Kier alpha value is -1.56. The highest BCUT2D eigenvalue weighted by molar-refractivity contribution is 7.85. The van der Waals surface area contributed by atoms with E-state index in [1.807, 2.05) is 26.0 Å². The van der Waals surface area contributed by atoms with Gasteiger partial charge < -0.3 is 15.4 Å². The molecule has 0 saturated heterocycles. The van der Waals surface area contributed by atoms with E-state index in [4.69, 9.17) is 9.73 Å². The first-order valence-corrected chi connectivity index (χ1v) is 11.5. The Kier molecular flexibility index (Phi) is 9.11. The van der Waals surface area contributed by atoms with Crippen LogP contribution in [0, 0.1) is 6.92 Å². The van der Waals surface area contributed by atoms with Crippen molar-refractivity contribution in [3.05, 3.63) is 29.8 Å². The minimum Gasteiger partial charge on any atom is -0.489 e. The third-order valence-electron chi connectivity index (χ3n) is 4.83. The molecule has 1 aromatic rings.